The van der Waals surface area contributed by atoms with Gasteiger partial charge in [0, 0.05) is 5.69 Å². The smallest absolute Gasteiger partial charge is 0.262 e. The molecule has 0 saturated heterocycles. The van der Waals surface area contributed by atoms with E-state index in [4.69, 9.17) is 18.3 Å². The molecule has 0 aliphatic rings. The number of benzene rings is 3. The molecule has 34 heavy (non-hydrogen) atoms. The normalized spacial score (nSPS) is 10.7. The van der Waals surface area contributed by atoms with Crippen molar-refractivity contribution < 1.29 is 23.1 Å². The van der Waals surface area contributed by atoms with Crippen LogP contribution in [0.2, 0.25) is 0 Å². The highest BCUT2D eigenvalue weighted by molar-refractivity contribution is 5.92. The van der Waals surface area contributed by atoms with Gasteiger partial charge in [-0.2, -0.15) is 0 Å². The number of hydrogen-bond donors (Lipinski definition) is 1. The van der Waals surface area contributed by atoms with Crippen LogP contribution >= 0.6 is 0 Å². The van der Waals surface area contributed by atoms with Crippen LogP contribution in [0.1, 0.15) is 0 Å². The lowest BCUT2D eigenvalue weighted by molar-refractivity contribution is -0.118. The van der Waals surface area contributed by atoms with Crippen LogP contribution in [-0.4, -0.2) is 12.5 Å². The number of para-hydroxylation sites is 2. The molecule has 7 heteroatoms. The number of ether oxygens (including phenoxy) is 2. The standard InChI is InChI=1S/C27H19NO6/c29-24(28-18-12-14-20(15-13-18)33-19-7-2-1-3-8-19)17-32-27-25(30)21-9-4-5-10-22(21)34-26(27)23-11-6-16-31-23/h1-16H,17H2,(H,28,29). The summed E-state index contributed by atoms with van der Waals surface area (Å²) in [5.41, 5.74) is 0.572. The van der Waals surface area contributed by atoms with E-state index in [1.54, 1.807) is 60.7 Å². The minimum atomic E-state index is -0.435. The molecule has 1 amide bonds. The van der Waals surface area contributed by atoms with Gasteiger partial charge in [-0.15, -0.1) is 0 Å². The predicted octanol–water partition coefficient (Wildman–Crippen LogP) is 5.86. The maximum Gasteiger partial charge on any atom is 0.262 e. The van der Waals surface area contributed by atoms with Gasteiger partial charge in [0.05, 0.1) is 11.6 Å². The molecule has 2 heterocycles. The second-order valence-electron chi connectivity index (χ2n) is 7.34. The molecule has 5 aromatic rings. The van der Waals surface area contributed by atoms with E-state index >= 15 is 0 Å². The molecule has 0 fully saturated rings. The third-order valence-corrected chi connectivity index (χ3v) is 4.97. The Morgan fingerprint density at radius 3 is 2.32 bits per heavy atom. The van der Waals surface area contributed by atoms with Crippen molar-refractivity contribution in [1.82, 2.24) is 0 Å². The second-order valence-corrected chi connectivity index (χ2v) is 7.34. The summed E-state index contributed by atoms with van der Waals surface area (Å²) in [6.07, 6.45) is 1.46. The molecular weight excluding hydrogens is 434 g/mol. The third-order valence-electron chi connectivity index (χ3n) is 4.97. The molecule has 0 spiro atoms. The van der Waals surface area contributed by atoms with E-state index in [1.165, 1.54) is 6.26 Å². The maximum atomic E-state index is 13.0. The Kier molecular flexibility index (Phi) is 5.82. The van der Waals surface area contributed by atoms with Crippen LogP contribution in [-0.2, 0) is 4.79 Å². The summed E-state index contributed by atoms with van der Waals surface area (Å²) in [7, 11) is 0. The Bertz CT molecular complexity index is 1470. The molecule has 5 rings (SSSR count). The Morgan fingerprint density at radius 2 is 1.56 bits per heavy atom. The first-order valence-corrected chi connectivity index (χ1v) is 10.5. The van der Waals surface area contributed by atoms with Crippen molar-refractivity contribution in [2.45, 2.75) is 0 Å². The molecular formula is C27H19NO6. The number of amides is 1. The molecule has 0 bridgehead atoms. The third kappa shape index (κ3) is 4.54. The first-order chi connectivity index (χ1) is 16.7. The van der Waals surface area contributed by atoms with E-state index in [-0.39, 0.29) is 23.5 Å². The molecule has 0 saturated carbocycles. The zero-order valence-corrected chi connectivity index (χ0v) is 17.9. The average Bonchev–Trinajstić information content (AvgIpc) is 3.40. The van der Waals surface area contributed by atoms with Crippen LogP contribution in [0.5, 0.6) is 17.2 Å². The fraction of sp³-hybridized carbons (Fsp3) is 0.0370. The number of hydrogen-bond acceptors (Lipinski definition) is 6. The predicted molar refractivity (Wildman–Crippen MR) is 127 cm³/mol. The summed E-state index contributed by atoms with van der Waals surface area (Å²) in [6, 6.07) is 26.5. The van der Waals surface area contributed by atoms with Crippen LogP contribution in [0.4, 0.5) is 5.69 Å². The topological polar surface area (TPSA) is 90.9 Å². The molecule has 7 nitrogen and oxygen atoms in total. The second kappa shape index (κ2) is 9.38. The van der Waals surface area contributed by atoms with Crippen molar-refractivity contribution in [2.24, 2.45) is 0 Å². The lowest BCUT2D eigenvalue weighted by atomic mass is 10.2. The van der Waals surface area contributed by atoms with Crippen LogP contribution in [0.25, 0.3) is 22.5 Å². The first kappa shape index (κ1) is 21.1. The number of nitrogens with one attached hydrogen (secondary N) is 1. The lowest BCUT2D eigenvalue weighted by Crippen LogP contribution is -2.22. The Labute approximate surface area is 194 Å². The van der Waals surface area contributed by atoms with Gasteiger partial charge in [0.1, 0.15) is 17.1 Å². The van der Waals surface area contributed by atoms with Crippen molar-refractivity contribution in [1.29, 1.82) is 0 Å². The summed E-state index contributed by atoms with van der Waals surface area (Å²) < 4.78 is 22.6. The summed E-state index contributed by atoms with van der Waals surface area (Å²) in [5, 5.41) is 3.09. The fourth-order valence-electron chi connectivity index (χ4n) is 3.39. The van der Waals surface area contributed by atoms with Crippen molar-refractivity contribution in [3.05, 3.63) is 107 Å². The SMILES string of the molecule is O=C(COc1c(-c2ccco2)oc2ccccc2c1=O)Nc1ccc(Oc2ccccc2)cc1. The van der Waals surface area contributed by atoms with Gasteiger partial charge >= 0.3 is 0 Å². The highest BCUT2D eigenvalue weighted by Crippen LogP contribution is 2.31. The van der Waals surface area contributed by atoms with Crippen molar-refractivity contribution in [3.63, 3.8) is 0 Å². The molecule has 2 aromatic heterocycles. The van der Waals surface area contributed by atoms with Crippen LogP contribution < -0.4 is 20.2 Å². The van der Waals surface area contributed by atoms with E-state index < -0.39 is 5.91 Å². The minimum Gasteiger partial charge on any atom is -0.476 e. The summed E-state index contributed by atoms with van der Waals surface area (Å²) in [4.78, 5) is 25.5. The van der Waals surface area contributed by atoms with Crippen molar-refractivity contribution in [2.75, 3.05) is 11.9 Å². The number of rotatable bonds is 7. The maximum absolute atomic E-state index is 13.0. The monoisotopic (exact) mass is 453 g/mol. The van der Waals surface area contributed by atoms with E-state index in [2.05, 4.69) is 5.32 Å². The molecule has 0 aliphatic carbocycles. The Balaban J connectivity index is 1.30. The molecule has 168 valence electrons. The molecule has 0 aliphatic heterocycles. The highest BCUT2D eigenvalue weighted by atomic mass is 16.5. The molecule has 0 unspecified atom stereocenters. The average molecular weight is 453 g/mol. The quantitative estimate of drug-likeness (QED) is 0.332. The van der Waals surface area contributed by atoms with Crippen molar-refractivity contribution in [3.8, 4) is 28.8 Å². The Hall–Kier alpha value is -4.78. The summed E-state index contributed by atoms with van der Waals surface area (Å²) >= 11 is 0. The van der Waals surface area contributed by atoms with Gasteiger partial charge in [-0.25, -0.2) is 0 Å². The first-order valence-electron chi connectivity index (χ1n) is 10.5. The minimum absolute atomic E-state index is 0.0876. The van der Waals surface area contributed by atoms with E-state index in [0.29, 0.717) is 33.9 Å². The lowest BCUT2D eigenvalue weighted by Gasteiger charge is -2.11. The van der Waals surface area contributed by atoms with Gasteiger partial charge in [0.15, 0.2) is 12.4 Å². The number of carbonyl (C=O) groups is 1. The largest absolute Gasteiger partial charge is 0.476 e. The zero-order valence-electron chi connectivity index (χ0n) is 17.9. The highest BCUT2D eigenvalue weighted by Gasteiger charge is 2.20. The number of fused-ring (bicyclic) bond motifs is 1. The van der Waals surface area contributed by atoms with Gasteiger partial charge < -0.3 is 23.6 Å². The van der Waals surface area contributed by atoms with Crippen LogP contribution in [0.3, 0.4) is 0 Å². The molecule has 0 radical (unpaired) electrons. The summed E-state index contributed by atoms with van der Waals surface area (Å²) in [5.74, 6) is 1.29. The number of carbonyl (C=O) groups excluding carboxylic acids is 1. The van der Waals surface area contributed by atoms with Crippen molar-refractivity contribution >= 4 is 22.6 Å². The number of anilines is 1. The van der Waals surface area contributed by atoms with Gasteiger partial charge in [-0.1, -0.05) is 30.3 Å². The zero-order chi connectivity index (χ0) is 23.3. The Morgan fingerprint density at radius 1 is 0.824 bits per heavy atom. The molecule has 1 N–H and O–H groups in total. The summed E-state index contributed by atoms with van der Waals surface area (Å²) in [6.45, 7) is -0.390. The van der Waals surface area contributed by atoms with E-state index in [1.807, 2.05) is 30.3 Å². The van der Waals surface area contributed by atoms with Gasteiger partial charge in [0.2, 0.25) is 16.9 Å². The van der Waals surface area contributed by atoms with Gasteiger partial charge in [-0.05, 0) is 60.7 Å². The van der Waals surface area contributed by atoms with Crippen LogP contribution in [0.15, 0.2) is 111 Å². The van der Waals surface area contributed by atoms with E-state index in [0.717, 1.165) is 0 Å². The fourth-order valence-corrected chi connectivity index (χ4v) is 3.39. The van der Waals surface area contributed by atoms with Gasteiger partial charge in [-0.3, -0.25) is 9.59 Å². The van der Waals surface area contributed by atoms with Gasteiger partial charge in [0.25, 0.3) is 5.91 Å². The molecule has 0 atom stereocenters. The number of furan rings is 1. The molecule has 3 aromatic carbocycles. The van der Waals surface area contributed by atoms with E-state index in [9.17, 15) is 9.59 Å². The van der Waals surface area contributed by atoms with Crippen LogP contribution in [0, 0.1) is 0 Å².